The van der Waals surface area contributed by atoms with E-state index in [4.69, 9.17) is 0 Å². The lowest BCUT2D eigenvalue weighted by molar-refractivity contribution is -0.137. The molecule has 4 heterocycles. The number of nitrogens with zero attached hydrogens (tertiary/aromatic N) is 6. The molecule has 1 unspecified atom stereocenters. The van der Waals surface area contributed by atoms with Crippen molar-refractivity contribution in [2.45, 2.75) is 24.7 Å². The largest absolute Gasteiger partial charge is 0.416 e. The van der Waals surface area contributed by atoms with Crippen molar-refractivity contribution in [1.82, 2.24) is 24.4 Å². The molecule has 2 aliphatic rings. The Morgan fingerprint density at radius 2 is 1.82 bits per heavy atom. The van der Waals surface area contributed by atoms with Crippen molar-refractivity contribution >= 4 is 11.9 Å². The van der Waals surface area contributed by atoms with Crippen molar-refractivity contribution in [3.05, 3.63) is 70.4 Å². The summed E-state index contributed by atoms with van der Waals surface area (Å²) in [4.78, 5) is 41.9. The fourth-order valence-electron chi connectivity index (χ4n) is 4.49. The first-order valence-electron chi connectivity index (χ1n) is 10.3. The second-order valence-corrected chi connectivity index (χ2v) is 8.16. The monoisotopic (exact) mass is 456 g/mol. The van der Waals surface area contributed by atoms with Gasteiger partial charge < -0.3 is 9.80 Å². The number of hydrogen-bond acceptors (Lipinski definition) is 6. The lowest BCUT2D eigenvalue weighted by Crippen LogP contribution is -2.50. The van der Waals surface area contributed by atoms with Gasteiger partial charge in [0.05, 0.1) is 29.0 Å². The first-order chi connectivity index (χ1) is 15.7. The van der Waals surface area contributed by atoms with Crippen molar-refractivity contribution in [3.63, 3.8) is 0 Å². The normalized spacial score (nSPS) is 19.9. The van der Waals surface area contributed by atoms with E-state index in [0.717, 1.165) is 12.1 Å². The van der Waals surface area contributed by atoms with E-state index in [9.17, 15) is 22.8 Å². The van der Waals surface area contributed by atoms with E-state index >= 15 is 0 Å². The smallest absolute Gasteiger partial charge is 0.335 e. The molecule has 170 valence electrons. The molecule has 2 bridgehead atoms. The van der Waals surface area contributed by atoms with Crippen molar-refractivity contribution in [2.75, 3.05) is 18.0 Å². The summed E-state index contributed by atoms with van der Waals surface area (Å²) in [7, 11) is 1.64. The Hall–Kier alpha value is -3.76. The Kier molecular flexibility index (Phi) is 4.91. The fourth-order valence-corrected chi connectivity index (χ4v) is 4.49. The number of likely N-dealkylation sites (tertiary alicyclic amines) is 1. The van der Waals surface area contributed by atoms with E-state index in [2.05, 4.69) is 15.0 Å². The zero-order valence-corrected chi connectivity index (χ0v) is 17.5. The Balaban J connectivity index is 1.37. The van der Waals surface area contributed by atoms with Crippen molar-refractivity contribution in [1.29, 1.82) is 0 Å². The van der Waals surface area contributed by atoms with Crippen LogP contribution in [-0.4, -0.2) is 55.5 Å². The molecule has 0 saturated carbocycles. The SMILES string of the molecule is Cn1c(N2CC3C[C@H]2CN3C(=O)c2ccc(C(F)(F)F)cc2)nc(-c2ccncn2)cc1=O. The lowest BCUT2D eigenvalue weighted by Gasteiger charge is -2.35. The summed E-state index contributed by atoms with van der Waals surface area (Å²) in [6.07, 6.45) is -0.793. The number of anilines is 1. The van der Waals surface area contributed by atoms with Crippen LogP contribution in [0.1, 0.15) is 22.3 Å². The Labute approximate surface area is 186 Å². The molecule has 33 heavy (non-hydrogen) atoms. The third-order valence-electron chi connectivity index (χ3n) is 6.17. The van der Waals surface area contributed by atoms with Crippen LogP contribution < -0.4 is 10.5 Å². The summed E-state index contributed by atoms with van der Waals surface area (Å²) in [5.74, 6) is 0.192. The van der Waals surface area contributed by atoms with Gasteiger partial charge in [0.15, 0.2) is 0 Å². The second-order valence-electron chi connectivity index (χ2n) is 8.16. The zero-order valence-electron chi connectivity index (χ0n) is 17.5. The summed E-state index contributed by atoms with van der Waals surface area (Å²) in [6, 6.07) is 7.19. The van der Waals surface area contributed by atoms with Gasteiger partial charge in [-0.05, 0) is 36.8 Å². The molecule has 0 spiro atoms. The first-order valence-corrected chi connectivity index (χ1v) is 10.3. The Morgan fingerprint density at radius 1 is 1.06 bits per heavy atom. The molecule has 5 rings (SSSR count). The van der Waals surface area contributed by atoms with Gasteiger partial charge in [-0.2, -0.15) is 13.2 Å². The molecule has 0 aliphatic carbocycles. The van der Waals surface area contributed by atoms with Crippen molar-refractivity contribution in [3.8, 4) is 11.4 Å². The van der Waals surface area contributed by atoms with Gasteiger partial charge in [0.2, 0.25) is 5.95 Å². The number of aromatic nitrogens is 4. The maximum absolute atomic E-state index is 12.9. The number of halogens is 3. The third kappa shape index (κ3) is 3.73. The zero-order chi connectivity index (χ0) is 23.3. The molecular formula is C22H19F3N6O2. The maximum Gasteiger partial charge on any atom is 0.416 e. The molecule has 0 N–H and O–H groups in total. The number of benzene rings is 1. The number of rotatable bonds is 3. The topological polar surface area (TPSA) is 84.2 Å². The summed E-state index contributed by atoms with van der Waals surface area (Å²) in [6.45, 7) is 0.878. The molecule has 2 saturated heterocycles. The van der Waals surface area contributed by atoms with E-state index in [1.807, 2.05) is 4.90 Å². The van der Waals surface area contributed by atoms with Gasteiger partial charge in [0, 0.05) is 38.0 Å². The standard InChI is InChI=1S/C22H19F3N6O2/c1-29-19(32)9-18(17-6-7-26-12-27-17)28-21(29)31-11-15-8-16(31)10-30(15)20(33)13-2-4-14(5-3-13)22(23,24)25/h2-7,9,12,15-16H,8,10-11H2,1H3/t15?,16-/m0/s1. The van der Waals surface area contributed by atoms with E-state index in [1.165, 1.54) is 29.1 Å². The third-order valence-corrected chi connectivity index (χ3v) is 6.17. The van der Waals surface area contributed by atoms with Gasteiger partial charge in [0.25, 0.3) is 11.5 Å². The Bertz CT molecular complexity index is 1260. The van der Waals surface area contributed by atoms with Crippen LogP contribution in [0.25, 0.3) is 11.4 Å². The molecule has 0 radical (unpaired) electrons. The molecule has 2 fully saturated rings. The number of piperazine rings is 1. The van der Waals surface area contributed by atoms with Crippen LogP contribution >= 0.6 is 0 Å². The molecule has 1 amide bonds. The van der Waals surface area contributed by atoms with Gasteiger partial charge in [-0.15, -0.1) is 0 Å². The van der Waals surface area contributed by atoms with E-state index < -0.39 is 11.7 Å². The quantitative estimate of drug-likeness (QED) is 0.602. The number of fused-ring (bicyclic) bond motifs is 2. The van der Waals surface area contributed by atoms with E-state index in [0.29, 0.717) is 36.8 Å². The van der Waals surface area contributed by atoms with Crippen LogP contribution in [0.15, 0.2) is 53.7 Å². The van der Waals surface area contributed by atoms with Gasteiger partial charge in [-0.3, -0.25) is 14.2 Å². The summed E-state index contributed by atoms with van der Waals surface area (Å²) >= 11 is 0. The second kappa shape index (κ2) is 7.68. The number of carbonyl (C=O) groups is 1. The minimum Gasteiger partial charge on any atom is -0.335 e. The van der Waals surface area contributed by atoms with Gasteiger partial charge in [0.1, 0.15) is 6.33 Å². The molecule has 2 atom stereocenters. The minimum absolute atomic E-state index is 0.0489. The highest BCUT2D eigenvalue weighted by molar-refractivity contribution is 5.95. The van der Waals surface area contributed by atoms with Crippen LogP contribution in [0.2, 0.25) is 0 Å². The summed E-state index contributed by atoms with van der Waals surface area (Å²) < 4.78 is 39.9. The summed E-state index contributed by atoms with van der Waals surface area (Å²) in [5.41, 5.74) is 0.180. The lowest BCUT2D eigenvalue weighted by atomic mass is 10.1. The van der Waals surface area contributed by atoms with E-state index in [1.54, 1.807) is 24.2 Å². The molecule has 2 aromatic heterocycles. The van der Waals surface area contributed by atoms with Crippen LogP contribution in [0, 0.1) is 0 Å². The molecule has 11 heteroatoms. The number of carbonyl (C=O) groups excluding carboxylic acids is 1. The van der Waals surface area contributed by atoms with E-state index in [-0.39, 0.29) is 29.1 Å². The molecule has 3 aromatic rings. The maximum atomic E-state index is 12.9. The van der Waals surface area contributed by atoms with Gasteiger partial charge in [-0.25, -0.2) is 15.0 Å². The highest BCUT2D eigenvalue weighted by atomic mass is 19.4. The average Bonchev–Trinajstić information content (AvgIpc) is 3.41. The van der Waals surface area contributed by atoms with Crippen molar-refractivity contribution in [2.24, 2.45) is 7.05 Å². The fraction of sp³-hybridized carbons (Fsp3) is 0.318. The number of amides is 1. The molecule has 2 aliphatic heterocycles. The Morgan fingerprint density at radius 3 is 2.42 bits per heavy atom. The minimum atomic E-state index is -4.45. The predicted molar refractivity (Wildman–Crippen MR) is 113 cm³/mol. The first kappa shape index (κ1) is 21.1. The van der Waals surface area contributed by atoms with Gasteiger partial charge >= 0.3 is 6.18 Å². The highest BCUT2D eigenvalue weighted by Crippen LogP contribution is 2.35. The molecular weight excluding hydrogens is 437 g/mol. The summed E-state index contributed by atoms with van der Waals surface area (Å²) in [5, 5.41) is 0. The van der Waals surface area contributed by atoms with Crippen LogP contribution in [0.3, 0.4) is 0 Å². The van der Waals surface area contributed by atoms with Crippen LogP contribution in [0.4, 0.5) is 19.1 Å². The highest BCUT2D eigenvalue weighted by Gasteiger charge is 2.46. The van der Waals surface area contributed by atoms with Gasteiger partial charge in [-0.1, -0.05) is 0 Å². The number of alkyl halides is 3. The van der Waals surface area contributed by atoms with Crippen LogP contribution in [-0.2, 0) is 13.2 Å². The number of hydrogen-bond donors (Lipinski definition) is 0. The van der Waals surface area contributed by atoms with Crippen LogP contribution in [0.5, 0.6) is 0 Å². The predicted octanol–water partition coefficient (Wildman–Crippen LogP) is 2.36. The molecule has 8 nitrogen and oxygen atoms in total. The van der Waals surface area contributed by atoms with Crippen molar-refractivity contribution < 1.29 is 18.0 Å². The average molecular weight is 456 g/mol. The molecule has 1 aromatic carbocycles.